The van der Waals surface area contributed by atoms with Crippen LogP contribution in [-0.2, 0) is 11.0 Å². The third-order valence-corrected chi connectivity index (χ3v) is 5.07. The van der Waals surface area contributed by atoms with Crippen LogP contribution >= 0.6 is 0 Å². The molecule has 11 heteroatoms. The van der Waals surface area contributed by atoms with Gasteiger partial charge in [-0.15, -0.1) is 15.3 Å². The van der Waals surface area contributed by atoms with Crippen LogP contribution in [0.5, 0.6) is 0 Å². The number of piperidine rings is 1. The van der Waals surface area contributed by atoms with E-state index in [1.165, 1.54) is 12.1 Å². The summed E-state index contributed by atoms with van der Waals surface area (Å²) in [6.45, 7) is 2.66. The summed E-state index contributed by atoms with van der Waals surface area (Å²) < 4.78 is 53.7. The molecule has 0 unspecified atom stereocenters. The van der Waals surface area contributed by atoms with Gasteiger partial charge in [0.05, 0.1) is 5.69 Å². The summed E-state index contributed by atoms with van der Waals surface area (Å²) in [5, 5.41) is 13.3. The molecule has 1 aromatic carbocycles. The van der Waals surface area contributed by atoms with Gasteiger partial charge in [0.25, 0.3) is 5.82 Å². The molecule has 3 aromatic rings. The smallest absolute Gasteiger partial charge is 0.355 e. The normalized spacial score (nSPS) is 15.6. The first-order valence-electron chi connectivity index (χ1n) is 9.34. The Labute approximate surface area is 168 Å². The molecule has 4 rings (SSSR count). The molecular formula is C19H18F4N6O. The molecule has 0 radical (unpaired) electrons. The third kappa shape index (κ3) is 3.91. The number of anilines is 2. The molecule has 0 bridgehead atoms. The van der Waals surface area contributed by atoms with Crippen molar-refractivity contribution < 1.29 is 22.4 Å². The zero-order chi connectivity index (χ0) is 21.5. The van der Waals surface area contributed by atoms with E-state index in [0.29, 0.717) is 36.3 Å². The van der Waals surface area contributed by atoms with Crippen molar-refractivity contribution in [2.24, 2.45) is 5.92 Å². The maximum absolute atomic E-state index is 13.9. The van der Waals surface area contributed by atoms with Crippen molar-refractivity contribution in [2.45, 2.75) is 25.9 Å². The van der Waals surface area contributed by atoms with Crippen molar-refractivity contribution in [1.82, 2.24) is 19.8 Å². The summed E-state index contributed by atoms with van der Waals surface area (Å²) >= 11 is 0. The number of rotatable bonds is 3. The predicted molar refractivity (Wildman–Crippen MR) is 100 cm³/mol. The summed E-state index contributed by atoms with van der Waals surface area (Å²) in [6.07, 6.45) is -3.73. The molecule has 30 heavy (non-hydrogen) atoms. The van der Waals surface area contributed by atoms with Gasteiger partial charge in [-0.3, -0.25) is 4.79 Å². The van der Waals surface area contributed by atoms with Gasteiger partial charge < -0.3 is 10.2 Å². The van der Waals surface area contributed by atoms with Gasteiger partial charge in [0, 0.05) is 19.0 Å². The molecule has 1 aliphatic heterocycles. The number of hydrogen-bond donors (Lipinski definition) is 1. The SMILES string of the molecule is Cc1ccc(F)c(NC(=O)C2CCN(c3ccc4nnc(C(F)(F)F)n4n3)CC2)c1. The lowest BCUT2D eigenvalue weighted by Crippen LogP contribution is -2.39. The number of aryl methyl sites for hydroxylation is 1. The first-order chi connectivity index (χ1) is 14.2. The Balaban J connectivity index is 1.44. The van der Waals surface area contributed by atoms with E-state index >= 15 is 0 Å². The molecule has 0 spiro atoms. The van der Waals surface area contributed by atoms with E-state index in [2.05, 4.69) is 20.6 Å². The number of amides is 1. The van der Waals surface area contributed by atoms with E-state index in [9.17, 15) is 22.4 Å². The lowest BCUT2D eigenvalue weighted by molar-refractivity contribution is -0.146. The van der Waals surface area contributed by atoms with Gasteiger partial charge in [-0.25, -0.2) is 4.39 Å². The van der Waals surface area contributed by atoms with Crippen molar-refractivity contribution in [1.29, 1.82) is 0 Å². The van der Waals surface area contributed by atoms with E-state index in [0.717, 1.165) is 5.56 Å². The molecule has 0 aliphatic carbocycles. The monoisotopic (exact) mass is 422 g/mol. The van der Waals surface area contributed by atoms with Crippen LogP contribution in [0.3, 0.4) is 0 Å². The van der Waals surface area contributed by atoms with Crippen LogP contribution in [0.1, 0.15) is 24.2 Å². The van der Waals surface area contributed by atoms with E-state index in [1.54, 1.807) is 30.0 Å². The zero-order valence-corrected chi connectivity index (χ0v) is 15.9. The number of carbonyl (C=O) groups is 1. The second-order valence-electron chi connectivity index (χ2n) is 7.22. The summed E-state index contributed by atoms with van der Waals surface area (Å²) in [6, 6.07) is 7.48. The lowest BCUT2D eigenvalue weighted by Gasteiger charge is -2.32. The number of carbonyl (C=O) groups excluding carboxylic acids is 1. The van der Waals surface area contributed by atoms with E-state index in [4.69, 9.17) is 0 Å². The van der Waals surface area contributed by atoms with Crippen molar-refractivity contribution in [3.8, 4) is 0 Å². The van der Waals surface area contributed by atoms with E-state index < -0.39 is 17.8 Å². The molecule has 1 aliphatic rings. The Kier molecular flexibility index (Phi) is 5.04. The Morgan fingerprint density at radius 1 is 1.13 bits per heavy atom. The molecular weight excluding hydrogens is 404 g/mol. The second-order valence-corrected chi connectivity index (χ2v) is 7.22. The molecule has 0 atom stereocenters. The Bertz CT molecular complexity index is 1090. The summed E-state index contributed by atoms with van der Waals surface area (Å²) in [7, 11) is 0. The predicted octanol–water partition coefficient (Wildman–Crippen LogP) is 3.45. The summed E-state index contributed by atoms with van der Waals surface area (Å²) in [5.41, 5.74) is 0.970. The van der Waals surface area contributed by atoms with Crippen LogP contribution in [0.15, 0.2) is 30.3 Å². The van der Waals surface area contributed by atoms with Gasteiger partial charge in [-0.1, -0.05) is 6.07 Å². The van der Waals surface area contributed by atoms with Gasteiger partial charge in [0.1, 0.15) is 11.6 Å². The highest BCUT2D eigenvalue weighted by Crippen LogP contribution is 2.29. The minimum atomic E-state index is -4.67. The topological polar surface area (TPSA) is 75.4 Å². The number of halogens is 4. The number of aromatic nitrogens is 4. The fourth-order valence-electron chi connectivity index (χ4n) is 3.47. The van der Waals surface area contributed by atoms with Crippen molar-refractivity contribution >= 4 is 23.1 Å². The maximum atomic E-state index is 13.9. The average Bonchev–Trinajstić information content (AvgIpc) is 3.14. The van der Waals surface area contributed by atoms with Crippen LogP contribution in [0.25, 0.3) is 5.65 Å². The number of nitrogens with one attached hydrogen (secondary N) is 1. The highest BCUT2D eigenvalue weighted by atomic mass is 19.4. The Morgan fingerprint density at radius 2 is 1.87 bits per heavy atom. The molecule has 7 nitrogen and oxygen atoms in total. The average molecular weight is 422 g/mol. The molecule has 0 saturated carbocycles. The van der Waals surface area contributed by atoms with Gasteiger partial charge in [-0.2, -0.15) is 17.7 Å². The van der Waals surface area contributed by atoms with E-state index in [1.807, 2.05) is 0 Å². The Hall–Kier alpha value is -3.24. The second kappa shape index (κ2) is 7.54. The fraction of sp³-hybridized carbons (Fsp3) is 0.368. The number of benzene rings is 1. The number of nitrogens with zero attached hydrogens (tertiary/aromatic N) is 5. The van der Waals surface area contributed by atoms with Gasteiger partial charge in [0.15, 0.2) is 5.65 Å². The van der Waals surface area contributed by atoms with Crippen LogP contribution in [0.4, 0.5) is 29.1 Å². The summed E-state index contributed by atoms with van der Waals surface area (Å²) in [5.74, 6) is -1.95. The first-order valence-corrected chi connectivity index (χ1v) is 9.34. The fourth-order valence-corrected chi connectivity index (χ4v) is 3.47. The van der Waals surface area contributed by atoms with Crippen molar-refractivity contribution in [2.75, 3.05) is 23.3 Å². The summed E-state index contributed by atoms with van der Waals surface area (Å²) in [4.78, 5) is 14.3. The van der Waals surface area contributed by atoms with Crippen molar-refractivity contribution in [3.63, 3.8) is 0 Å². The van der Waals surface area contributed by atoms with Crippen LogP contribution in [0.2, 0.25) is 0 Å². The molecule has 1 N–H and O–H groups in total. The van der Waals surface area contributed by atoms with Crippen LogP contribution in [-0.4, -0.2) is 38.8 Å². The lowest BCUT2D eigenvalue weighted by atomic mass is 9.95. The Morgan fingerprint density at radius 3 is 2.57 bits per heavy atom. The number of hydrogen-bond acceptors (Lipinski definition) is 5. The highest BCUT2D eigenvalue weighted by Gasteiger charge is 2.38. The molecule has 1 amide bonds. The zero-order valence-electron chi connectivity index (χ0n) is 15.9. The maximum Gasteiger partial charge on any atom is 0.453 e. The molecule has 1 saturated heterocycles. The largest absolute Gasteiger partial charge is 0.453 e. The van der Waals surface area contributed by atoms with E-state index in [-0.39, 0.29) is 23.2 Å². The van der Waals surface area contributed by atoms with Crippen LogP contribution < -0.4 is 10.2 Å². The van der Waals surface area contributed by atoms with Gasteiger partial charge in [-0.05, 0) is 49.6 Å². The molecule has 158 valence electrons. The first kappa shape index (κ1) is 20.0. The molecule has 1 fully saturated rings. The molecule has 3 heterocycles. The van der Waals surface area contributed by atoms with Gasteiger partial charge in [0.2, 0.25) is 5.91 Å². The number of fused-ring (bicyclic) bond motifs is 1. The molecule has 2 aromatic heterocycles. The minimum Gasteiger partial charge on any atom is -0.355 e. The van der Waals surface area contributed by atoms with Gasteiger partial charge >= 0.3 is 6.18 Å². The third-order valence-electron chi connectivity index (χ3n) is 5.07. The highest BCUT2D eigenvalue weighted by molar-refractivity contribution is 5.92. The minimum absolute atomic E-state index is 0.000481. The van der Waals surface area contributed by atoms with Crippen molar-refractivity contribution in [3.05, 3.63) is 47.5 Å². The quantitative estimate of drug-likeness (QED) is 0.655. The number of alkyl halides is 3. The van der Waals surface area contributed by atoms with Crippen LogP contribution in [0, 0.1) is 18.7 Å². The standard InChI is InChI=1S/C19H18F4N6O/c1-11-2-3-13(20)14(10-11)24-17(30)12-6-8-28(9-7-12)16-5-4-15-25-26-18(19(21,22)23)29(15)27-16/h2-5,10,12H,6-9H2,1H3,(H,24,30).